The molecule has 0 fully saturated rings. The van der Waals surface area contributed by atoms with Gasteiger partial charge in [-0.25, -0.2) is 10.2 Å². The standard InChI is InChI=1S/C31H27N3O6/c1-20-7-10-22(11-8-20)29(35)33-25-6-4-5-24(18-25)30(36)34-32-19-21-9-16-27(28(17-21)39-3)40-31(37)23-12-14-26(38-2)15-13-23/h4-19H,1-3H3,(H,33,35)(H,34,36). The number of amides is 2. The summed E-state index contributed by atoms with van der Waals surface area (Å²) in [5, 5.41) is 6.80. The van der Waals surface area contributed by atoms with Crippen LogP contribution >= 0.6 is 0 Å². The molecule has 0 heterocycles. The fourth-order valence-corrected chi connectivity index (χ4v) is 3.61. The van der Waals surface area contributed by atoms with Crippen molar-refractivity contribution in [1.29, 1.82) is 0 Å². The number of anilines is 1. The molecule has 0 aromatic heterocycles. The van der Waals surface area contributed by atoms with E-state index in [4.69, 9.17) is 14.2 Å². The Bertz CT molecular complexity index is 1550. The number of carbonyl (C=O) groups is 3. The van der Waals surface area contributed by atoms with Crippen LogP contribution in [0.3, 0.4) is 0 Å². The van der Waals surface area contributed by atoms with Crippen molar-refractivity contribution in [2.45, 2.75) is 6.92 Å². The van der Waals surface area contributed by atoms with Gasteiger partial charge in [0, 0.05) is 16.8 Å². The summed E-state index contributed by atoms with van der Waals surface area (Å²) < 4.78 is 15.9. The number of rotatable bonds is 9. The molecule has 4 aromatic rings. The molecule has 2 amide bonds. The molecule has 0 atom stereocenters. The highest BCUT2D eigenvalue weighted by Crippen LogP contribution is 2.28. The van der Waals surface area contributed by atoms with Gasteiger partial charge in [-0.2, -0.15) is 5.10 Å². The molecule has 0 saturated heterocycles. The van der Waals surface area contributed by atoms with E-state index in [-0.39, 0.29) is 11.7 Å². The molecule has 0 unspecified atom stereocenters. The summed E-state index contributed by atoms with van der Waals surface area (Å²) in [6.45, 7) is 1.94. The summed E-state index contributed by atoms with van der Waals surface area (Å²) in [7, 11) is 2.99. The molecule has 9 nitrogen and oxygen atoms in total. The molecule has 0 aliphatic heterocycles. The van der Waals surface area contributed by atoms with Crippen LogP contribution < -0.4 is 25.0 Å². The van der Waals surface area contributed by atoms with Gasteiger partial charge in [0.15, 0.2) is 11.5 Å². The molecular formula is C31H27N3O6. The predicted octanol–water partition coefficient (Wildman–Crippen LogP) is 5.25. The Hall–Kier alpha value is -5.44. The van der Waals surface area contributed by atoms with Crippen molar-refractivity contribution in [2.75, 3.05) is 19.5 Å². The lowest BCUT2D eigenvalue weighted by molar-refractivity contribution is 0.0729. The molecule has 0 bridgehead atoms. The molecular weight excluding hydrogens is 510 g/mol. The molecule has 0 aliphatic carbocycles. The van der Waals surface area contributed by atoms with Crippen LogP contribution in [0.15, 0.2) is 96.1 Å². The molecule has 40 heavy (non-hydrogen) atoms. The monoisotopic (exact) mass is 537 g/mol. The number of esters is 1. The second kappa shape index (κ2) is 12.9. The van der Waals surface area contributed by atoms with Crippen molar-refractivity contribution >= 4 is 29.7 Å². The summed E-state index contributed by atoms with van der Waals surface area (Å²) in [5.74, 6) is -0.111. The Morgan fingerprint density at radius 1 is 0.725 bits per heavy atom. The smallest absolute Gasteiger partial charge is 0.343 e. The average Bonchev–Trinajstić information content (AvgIpc) is 2.98. The SMILES string of the molecule is COc1ccc(C(=O)Oc2ccc(C=NNC(=O)c3cccc(NC(=O)c4ccc(C)cc4)c3)cc2OC)cc1. The Morgan fingerprint density at radius 3 is 2.15 bits per heavy atom. The average molecular weight is 538 g/mol. The number of hydrogen-bond donors (Lipinski definition) is 2. The normalized spacial score (nSPS) is 10.6. The molecule has 202 valence electrons. The van der Waals surface area contributed by atoms with E-state index in [1.807, 2.05) is 19.1 Å². The van der Waals surface area contributed by atoms with Crippen LogP contribution in [-0.4, -0.2) is 38.2 Å². The van der Waals surface area contributed by atoms with Crippen LogP contribution in [0.5, 0.6) is 17.2 Å². The number of carbonyl (C=O) groups excluding carboxylic acids is 3. The topological polar surface area (TPSA) is 115 Å². The second-order valence-corrected chi connectivity index (χ2v) is 8.63. The van der Waals surface area contributed by atoms with Crippen molar-refractivity contribution in [1.82, 2.24) is 5.43 Å². The van der Waals surface area contributed by atoms with Gasteiger partial charge in [-0.15, -0.1) is 0 Å². The molecule has 0 saturated carbocycles. The lowest BCUT2D eigenvalue weighted by atomic mass is 10.1. The van der Waals surface area contributed by atoms with Gasteiger partial charge < -0.3 is 19.5 Å². The maximum atomic E-state index is 12.6. The van der Waals surface area contributed by atoms with Crippen LogP contribution in [0.2, 0.25) is 0 Å². The molecule has 4 rings (SSSR count). The van der Waals surface area contributed by atoms with Gasteiger partial charge in [-0.05, 0) is 85.3 Å². The van der Waals surface area contributed by atoms with Crippen LogP contribution in [0.25, 0.3) is 0 Å². The minimum atomic E-state index is -0.549. The quantitative estimate of drug-likeness (QED) is 0.130. The largest absolute Gasteiger partial charge is 0.497 e. The molecule has 2 N–H and O–H groups in total. The van der Waals surface area contributed by atoms with E-state index in [0.29, 0.717) is 39.4 Å². The third-order valence-corrected chi connectivity index (χ3v) is 5.79. The van der Waals surface area contributed by atoms with E-state index >= 15 is 0 Å². The van der Waals surface area contributed by atoms with Crippen LogP contribution in [0.1, 0.15) is 42.2 Å². The number of benzene rings is 4. The van der Waals surface area contributed by atoms with Crippen LogP contribution in [0, 0.1) is 6.92 Å². The molecule has 0 spiro atoms. The summed E-state index contributed by atoms with van der Waals surface area (Å²) in [6, 6.07) is 25.1. The highest BCUT2D eigenvalue weighted by atomic mass is 16.6. The Labute approximate surface area is 231 Å². The third-order valence-electron chi connectivity index (χ3n) is 5.79. The van der Waals surface area contributed by atoms with Gasteiger partial charge in [-0.1, -0.05) is 23.8 Å². The summed E-state index contributed by atoms with van der Waals surface area (Å²) >= 11 is 0. The van der Waals surface area contributed by atoms with E-state index in [1.54, 1.807) is 86.0 Å². The zero-order chi connectivity index (χ0) is 28.5. The van der Waals surface area contributed by atoms with Crippen LogP contribution in [0.4, 0.5) is 5.69 Å². The first-order chi connectivity index (χ1) is 19.4. The fourth-order valence-electron chi connectivity index (χ4n) is 3.61. The number of hydrogen-bond acceptors (Lipinski definition) is 7. The van der Waals surface area contributed by atoms with Crippen molar-refractivity contribution in [2.24, 2.45) is 5.10 Å². The molecule has 0 aliphatic rings. The number of methoxy groups -OCH3 is 2. The predicted molar refractivity (Wildman–Crippen MR) is 152 cm³/mol. The zero-order valence-corrected chi connectivity index (χ0v) is 22.1. The maximum Gasteiger partial charge on any atom is 0.343 e. The van der Waals surface area contributed by atoms with Crippen molar-refractivity contribution in [3.63, 3.8) is 0 Å². The van der Waals surface area contributed by atoms with Crippen molar-refractivity contribution in [3.05, 3.63) is 119 Å². The van der Waals surface area contributed by atoms with Gasteiger partial charge >= 0.3 is 5.97 Å². The van der Waals surface area contributed by atoms with E-state index in [9.17, 15) is 14.4 Å². The second-order valence-electron chi connectivity index (χ2n) is 8.63. The Balaban J connectivity index is 1.37. The lowest BCUT2D eigenvalue weighted by Gasteiger charge is -2.10. The Morgan fingerprint density at radius 2 is 1.45 bits per heavy atom. The number of nitrogens with one attached hydrogen (secondary N) is 2. The molecule has 9 heteroatoms. The fraction of sp³-hybridized carbons (Fsp3) is 0.0968. The number of ether oxygens (including phenoxy) is 3. The molecule has 0 radical (unpaired) electrons. The van der Waals surface area contributed by atoms with Gasteiger partial charge in [0.1, 0.15) is 5.75 Å². The van der Waals surface area contributed by atoms with Gasteiger partial charge in [0.25, 0.3) is 11.8 Å². The lowest BCUT2D eigenvalue weighted by Crippen LogP contribution is -2.18. The third kappa shape index (κ3) is 7.11. The summed E-state index contributed by atoms with van der Waals surface area (Å²) in [5.41, 5.74) is 5.78. The maximum absolute atomic E-state index is 12.6. The first-order valence-corrected chi connectivity index (χ1v) is 12.2. The minimum absolute atomic E-state index is 0.231. The van der Waals surface area contributed by atoms with E-state index < -0.39 is 11.9 Å². The zero-order valence-electron chi connectivity index (χ0n) is 22.1. The number of hydrazone groups is 1. The number of nitrogens with zero attached hydrogens (tertiary/aromatic N) is 1. The number of aryl methyl sites for hydroxylation is 1. The van der Waals surface area contributed by atoms with Gasteiger partial charge in [-0.3, -0.25) is 9.59 Å². The summed E-state index contributed by atoms with van der Waals surface area (Å²) in [4.78, 5) is 37.6. The van der Waals surface area contributed by atoms with Gasteiger partial charge in [0.05, 0.1) is 26.0 Å². The first-order valence-electron chi connectivity index (χ1n) is 12.2. The molecule has 4 aromatic carbocycles. The minimum Gasteiger partial charge on any atom is -0.497 e. The summed E-state index contributed by atoms with van der Waals surface area (Å²) in [6.07, 6.45) is 1.43. The Kier molecular flexibility index (Phi) is 8.88. The van der Waals surface area contributed by atoms with E-state index in [2.05, 4.69) is 15.8 Å². The van der Waals surface area contributed by atoms with Gasteiger partial charge in [0.2, 0.25) is 0 Å². The first kappa shape index (κ1) is 27.6. The van der Waals surface area contributed by atoms with E-state index in [0.717, 1.165) is 5.56 Å². The van der Waals surface area contributed by atoms with Crippen molar-refractivity contribution in [3.8, 4) is 17.2 Å². The van der Waals surface area contributed by atoms with Crippen molar-refractivity contribution < 1.29 is 28.6 Å². The van der Waals surface area contributed by atoms with Crippen LogP contribution in [-0.2, 0) is 0 Å². The highest BCUT2D eigenvalue weighted by Gasteiger charge is 2.13. The highest BCUT2D eigenvalue weighted by molar-refractivity contribution is 6.05. The van der Waals surface area contributed by atoms with E-state index in [1.165, 1.54) is 13.3 Å².